The Morgan fingerprint density at radius 1 is 1.65 bits per heavy atom. The zero-order chi connectivity index (χ0) is 11.4. The largest absolute Gasteiger partial charge is 0.350 e. The molecule has 2 heterocycles. The molecule has 1 saturated heterocycles. The van der Waals surface area contributed by atoms with Crippen molar-refractivity contribution in [2.45, 2.75) is 38.3 Å². The van der Waals surface area contributed by atoms with Crippen molar-refractivity contribution in [1.82, 2.24) is 10.6 Å². The van der Waals surface area contributed by atoms with E-state index < -0.39 is 0 Å². The molecule has 1 aromatic heterocycles. The molecule has 0 aliphatic carbocycles. The molecular weight excluding hydrogens is 256 g/mol. The van der Waals surface area contributed by atoms with Crippen molar-refractivity contribution in [3.05, 3.63) is 22.4 Å². The molecule has 0 aromatic carbocycles. The molecule has 0 saturated carbocycles. The van der Waals surface area contributed by atoms with Crippen LogP contribution in [0.25, 0.3) is 0 Å². The average molecular weight is 275 g/mol. The van der Waals surface area contributed by atoms with Crippen LogP contribution in [0.1, 0.15) is 31.1 Å². The summed E-state index contributed by atoms with van der Waals surface area (Å²) in [4.78, 5) is 13.3. The quantitative estimate of drug-likeness (QED) is 0.885. The third kappa shape index (κ3) is 3.21. The van der Waals surface area contributed by atoms with E-state index in [2.05, 4.69) is 17.6 Å². The zero-order valence-electron chi connectivity index (χ0n) is 9.99. The Hall–Kier alpha value is -0.580. The van der Waals surface area contributed by atoms with Crippen molar-refractivity contribution in [3.8, 4) is 0 Å². The van der Waals surface area contributed by atoms with Crippen LogP contribution in [-0.4, -0.2) is 18.0 Å². The first kappa shape index (κ1) is 14.5. The molecule has 1 atom stereocenters. The number of carbonyl (C=O) groups excluding carboxylic acids is 1. The highest BCUT2D eigenvalue weighted by Crippen LogP contribution is 2.23. The van der Waals surface area contributed by atoms with Gasteiger partial charge in [0.15, 0.2) is 0 Å². The normalized spacial score (nSPS) is 23.1. The highest BCUT2D eigenvalue weighted by molar-refractivity contribution is 7.09. The monoisotopic (exact) mass is 274 g/mol. The van der Waals surface area contributed by atoms with E-state index in [9.17, 15) is 4.79 Å². The van der Waals surface area contributed by atoms with E-state index in [0.717, 1.165) is 25.8 Å². The van der Waals surface area contributed by atoms with E-state index in [1.165, 1.54) is 4.88 Å². The maximum absolute atomic E-state index is 12.1. The van der Waals surface area contributed by atoms with E-state index in [0.29, 0.717) is 6.54 Å². The molecule has 17 heavy (non-hydrogen) atoms. The van der Waals surface area contributed by atoms with Crippen LogP contribution >= 0.6 is 23.7 Å². The lowest BCUT2D eigenvalue weighted by Crippen LogP contribution is -2.52. The van der Waals surface area contributed by atoms with Crippen molar-refractivity contribution < 1.29 is 4.79 Å². The van der Waals surface area contributed by atoms with Crippen LogP contribution in [0, 0.1) is 0 Å². The van der Waals surface area contributed by atoms with Gasteiger partial charge in [-0.3, -0.25) is 4.79 Å². The number of amides is 1. The van der Waals surface area contributed by atoms with E-state index in [1.54, 1.807) is 11.3 Å². The predicted octanol–water partition coefficient (Wildman–Crippen LogP) is 2.32. The number of nitrogens with one attached hydrogen (secondary N) is 2. The fourth-order valence-electron chi connectivity index (χ4n) is 2.21. The molecule has 1 aliphatic rings. The minimum absolute atomic E-state index is 0. The lowest BCUT2D eigenvalue weighted by atomic mass is 9.93. The number of hydrogen-bond acceptors (Lipinski definition) is 3. The minimum atomic E-state index is -0.308. The maximum atomic E-state index is 12.1. The Bertz CT molecular complexity index is 347. The molecule has 96 valence electrons. The van der Waals surface area contributed by atoms with E-state index >= 15 is 0 Å². The van der Waals surface area contributed by atoms with Gasteiger partial charge in [0.2, 0.25) is 5.91 Å². The number of rotatable bonds is 4. The molecule has 1 amide bonds. The van der Waals surface area contributed by atoms with Gasteiger partial charge in [-0.2, -0.15) is 0 Å². The topological polar surface area (TPSA) is 41.1 Å². The Morgan fingerprint density at radius 2 is 2.47 bits per heavy atom. The summed E-state index contributed by atoms with van der Waals surface area (Å²) in [5, 5.41) is 8.40. The summed E-state index contributed by atoms with van der Waals surface area (Å²) in [6.07, 6.45) is 2.92. The summed E-state index contributed by atoms with van der Waals surface area (Å²) in [5.41, 5.74) is -0.308. The number of thiophene rings is 1. The summed E-state index contributed by atoms with van der Waals surface area (Å²) in [6, 6.07) is 4.06. The zero-order valence-corrected chi connectivity index (χ0v) is 11.6. The molecule has 2 N–H and O–H groups in total. The Kier molecular flexibility index (Phi) is 5.43. The van der Waals surface area contributed by atoms with E-state index in [1.807, 2.05) is 17.5 Å². The van der Waals surface area contributed by atoms with E-state index in [-0.39, 0.29) is 23.9 Å². The molecule has 1 unspecified atom stereocenters. The van der Waals surface area contributed by atoms with Gasteiger partial charge in [-0.05, 0) is 37.3 Å². The second-order valence-corrected chi connectivity index (χ2v) is 5.26. The summed E-state index contributed by atoms with van der Waals surface area (Å²) in [7, 11) is 0. The lowest BCUT2D eigenvalue weighted by Gasteiger charge is -2.26. The molecule has 2 rings (SSSR count). The number of halogens is 1. The molecule has 1 aromatic rings. The van der Waals surface area contributed by atoms with Crippen LogP contribution in [0.4, 0.5) is 0 Å². The second kappa shape index (κ2) is 6.38. The van der Waals surface area contributed by atoms with Crippen molar-refractivity contribution in [2.75, 3.05) is 6.54 Å². The Labute approximate surface area is 112 Å². The summed E-state index contributed by atoms with van der Waals surface area (Å²) >= 11 is 1.68. The molecule has 0 bridgehead atoms. The average Bonchev–Trinajstić information content (AvgIpc) is 2.97. The SMILES string of the molecule is CCC1(C(=O)NCc2cccs2)CCCN1.Cl. The first-order valence-electron chi connectivity index (χ1n) is 5.82. The van der Waals surface area contributed by atoms with Gasteiger partial charge in [0.05, 0.1) is 12.1 Å². The van der Waals surface area contributed by atoms with Gasteiger partial charge in [0.25, 0.3) is 0 Å². The van der Waals surface area contributed by atoms with Gasteiger partial charge in [-0.15, -0.1) is 23.7 Å². The minimum Gasteiger partial charge on any atom is -0.350 e. The van der Waals surface area contributed by atoms with Gasteiger partial charge >= 0.3 is 0 Å². The van der Waals surface area contributed by atoms with Crippen LogP contribution in [0.15, 0.2) is 17.5 Å². The van der Waals surface area contributed by atoms with Crippen LogP contribution in [-0.2, 0) is 11.3 Å². The van der Waals surface area contributed by atoms with Crippen LogP contribution in [0.2, 0.25) is 0 Å². The smallest absolute Gasteiger partial charge is 0.240 e. The predicted molar refractivity (Wildman–Crippen MR) is 73.7 cm³/mol. The first-order valence-corrected chi connectivity index (χ1v) is 6.70. The van der Waals surface area contributed by atoms with Crippen LogP contribution in [0.3, 0.4) is 0 Å². The fraction of sp³-hybridized carbons (Fsp3) is 0.583. The highest BCUT2D eigenvalue weighted by atomic mass is 35.5. The van der Waals surface area contributed by atoms with Crippen LogP contribution in [0.5, 0.6) is 0 Å². The molecule has 3 nitrogen and oxygen atoms in total. The summed E-state index contributed by atoms with van der Waals surface area (Å²) in [6.45, 7) is 3.68. The Morgan fingerprint density at radius 3 is 3.00 bits per heavy atom. The van der Waals surface area contributed by atoms with Crippen LogP contribution < -0.4 is 10.6 Å². The molecule has 0 spiro atoms. The Balaban J connectivity index is 0.00000144. The highest BCUT2D eigenvalue weighted by Gasteiger charge is 2.38. The van der Waals surface area contributed by atoms with Crippen molar-refractivity contribution in [2.24, 2.45) is 0 Å². The number of carbonyl (C=O) groups is 1. The van der Waals surface area contributed by atoms with Crippen molar-refractivity contribution in [3.63, 3.8) is 0 Å². The van der Waals surface area contributed by atoms with Gasteiger partial charge < -0.3 is 10.6 Å². The summed E-state index contributed by atoms with van der Waals surface area (Å²) < 4.78 is 0. The second-order valence-electron chi connectivity index (χ2n) is 4.23. The first-order chi connectivity index (χ1) is 7.77. The molecule has 1 fully saturated rings. The third-order valence-electron chi connectivity index (χ3n) is 3.29. The van der Waals surface area contributed by atoms with Gasteiger partial charge in [-0.25, -0.2) is 0 Å². The molecule has 1 aliphatic heterocycles. The molecule has 5 heteroatoms. The van der Waals surface area contributed by atoms with Gasteiger partial charge in [-0.1, -0.05) is 13.0 Å². The standard InChI is InChI=1S/C12H18N2OS.ClH/c1-2-12(6-4-7-14-12)11(15)13-9-10-5-3-8-16-10;/h3,5,8,14H,2,4,6-7,9H2,1H3,(H,13,15);1H. The van der Waals surface area contributed by atoms with Gasteiger partial charge in [0.1, 0.15) is 0 Å². The fourth-order valence-corrected chi connectivity index (χ4v) is 2.86. The maximum Gasteiger partial charge on any atom is 0.240 e. The van der Waals surface area contributed by atoms with Gasteiger partial charge in [0, 0.05) is 4.88 Å². The molecule has 0 radical (unpaired) electrons. The lowest BCUT2D eigenvalue weighted by molar-refractivity contribution is -0.127. The third-order valence-corrected chi connectivity index (χ3v) is 4.16. The van der Waals surface area contributed by atoms with Crippen molar-refractivity contribution in [1.29, 1.82) is 0 Å². The van der Waals surface area contributed by atoms with Crippen molar-refractivity contribution >= 4 is 29.7 Å². The molecular formula is C12H19ClN2OS. The summed E-state index contributed by atoms with van der Waals surface area (Å²) in [5.74, 6) is 0.154. The van der Waals surface area contributed by atoms with E-state index in [4.69, 9.17) is 0 Å². The number of hydrogen-bond donors (Lipinski definition) is 2.